The maximum absolute atomic E-state index is 13.8. The summed E-state index contributed by atoms with van der Waals surface area (Å²) in [5.41, 5.74) is 3.77. The molecule has 0 fully saturated rings. The molecular formula is C21H17O2P. The van der Waals surface area contributed by atoms with E-state index in [4.69, 9.17) is 4.74 Å². The van der Waals surface area contributed by atoms with E-state index in [0.29, 0.717) is 5.75 Å². The van der Waals surface area contributed by atoms with Crippen LogP contribution in [0.1, 0.15) is 5.56 Å². The Morgan fingerprint density at radius 1 is 0.750 bits per heavy atom. The zero-order chi connectivity index (χ0) is 16.8. The maximum atomic E-state index is 13.8. The Labute approximate surface area is 142 Å². The van der Waals surface area contributed by atoms with E-state index in [1.165, 1.54) is 0 Å². The molecule has 0 spiro atoms. The molecule has 3 rings (SSSR count). The van der Waals surface area contributed by atoms with E-state index in [1.807, 2.05) is 84.9 Å². The van der Waals surface area contributed by atoms with Crippen molar-refractivity contribution >= 4 is 17.8 Å². The van der Waals surface area contributed by atoms with Crippen LogP contribution in [0, 0.1) is 11.6 Å². The highest BCUT2D eigenvalue weighted by Crippen LogP contribution is 2.42. The van der Waals surface area contributed by atoms with E-state index in [1.54, 1.807) is 7.11 Å². The fourth-order valence-electron chi connectivity index (χ4n) is 2.44. The molecule has 0 saturated heterocycles. The smallest absolute Gasteiger partial charge is 0.211 e. The van der Waals surface area contributed by atoms with E-state index < -0.39 is 7.14 Å². The molecule has 2 nitrogen and oxygen atoms in total. The van der Waals surface area contributed by atoms with Crippen molar-refractivity contribution in [3.8, 4) is 17.3 Å². The summed E-state index contributed by atoms with van der Waals surface area (Å²) in [6.45, 7) is 0. The molecule has 0 aliphatic heterocycles. The van der Waals surface area contributed by atoms with Gasteiger partial charge in [-0.3, -0.25) is 4.57 Å². The molecule has 24 heavy (non-hydrogen) atoms. The van der Waals surface area contributed by atoms with Gasteiger partial charge in [-0.15, -0.1) is 0 Å². The SMILES string of the molecule is COc1ccccc1C#CP(=O)(c1ccccc1)c1ccccc1. The Balaban J connectivity index is 2.15. The van der Waals surface area contributed by atoms with Crippen molar-refractivity contribution in [1.82, 2.24) is 0 Å². The molecule has 0 N–H and O–H groups in total. The number of ether oxygens (including phenoxy) is 1. The molecule has 0 heterocycles. The number of methoxy groups -OCH3 is 1. The van der Waals surface area contributed by atoms with Crippen LogP contribution in [0.4, 0.5) is 0 Å². The van der Waals surface area contributed by atoms with Gasteiger partial charge in [-0.1, -0.05) is 78.7 Å². The fourth-order valence-corrected chi connectivity index (χ4v) is 4.46. The summed E-state index contributed by atoms with van der Waals surface area (Å²) < 4.78 is 19.1. The van der Waals surface area contributed by atoms with Crippen molar-refractivity contribution in [3.63, 3.8) is 0 Å². The van der Waals surface area contributed by atoms with Crippen molar-refractivity contribution in [2.75, 3.05) is 7.11 Å². The minimum atomic E-state index is -3.04. The molecule has 118 valence electrons. The lowest BCUT2D eigenvalue weighted by Gasteiger charge is -2.12. The summed E-state index contributed by atoms with van der Waals surface area (Å²) in [6.07, 6.45) is 0. The Bertz CT molecular complexity index is 879. The van der Waals surface area contributed by atoms with E-state index in [-0.39, 0.29) is 0 Å². The van der Waals surface area contributed by atoms with Gasteiger partial charge in [-0.2, -0.15) is 0 Å². The summed E-state index contributed by atoms with van der Waals surface area (Å²) in [7, 11) is -1.43. The van der Waals surface area contributed by atoms with Gasteiger partial charge in [0.25, 0.3) is 0 Å². The van der Waals surface area contributed by atoms with Crippen molar-refractivity contribution < 1.29 is 9.30 Å². The number of rotatable bonds is 3. The third-order valence-corrected chi connectivity index (χ3v) is 6.17. The lowest BCUT2D eigenvalue weighted by atomic mass is 10.2. The molecule has 0 saturated carbocycles. The minimum absolute atomic E-state index is 0.678. The van der Waals surface area contributed by atoms with Crippen LogP contribution >= 0.6 is 7.14 Å². The highest BCUT2D eigenvalue weighted by atomic mass is 31.2. The summed E-state index contributed by atoms with van der Waals surface area (Å²) in [5.74, 6) is 3.74. The molecule has 3 aromatic carbocycles. The summed E-state index contributed by atoms with van der Waals surface area (Å²) in [4.78, 5) is 0. The van der Waals surface area contributed by atoms with E-state index in [0.717, 1.165) is 16.2 Å². The minimum Gasteiger partial charge on any atom is -0.495 e. The van der Waals surface area contributed by atoms with Gasteiger partial charge in [-0.05, 0) is 17.8 Å². The Hall–Kier alpha value is -2.75. The van der Waals surface area contributed by atoms with Crippen molar-refractivity contribution in [3.05, 3.63) is 90.5 Å². The van der Waals surface area contributed by atoms with Crippen molar-refractivity contribution in [2.45, 2.75) is 0 Å². The second kappa shape index (κ2) is 7.21. The van der Waals surface area contributed by atoms with E-state index >= 15 is 0 Å². The first-order valence-corrected chi connectivity index (χ1v) is 9.32. The van der Waals surface area contributed by atoms with Crippen molar-refractivity contribution in [2.24, 2.45) is 0 Å². The molecule has 0 amide bonds. The van der Waals surface area contributed by atoms with Gasteiger partial charge in [0.2, 0.25) is 7.14 Å². The molecule has 0 aromatic heterocycles. The zero-order valence-corrected chi connectivity index (χ0v) is 14.2. The third kappa shape index (κ3) is 3.27. The molecule has 0 radical (unpaired) electrons. The number of hydrogen-bond acceptors (Lipinski definition) is 2. The number of para-hydroxylation sites is 1. The second-order valence-corrected chi connectivity index (χ2v) is 7.69. The molecule has 0 unspecified atom stereocenters. The fraction of sp³-hybridized carbons (Fsp3) is 0.0476. The Kier molecular flexibility index (Phi) is 4.85. The normalized spacial score (nSPS) is 10.5. The van der Waals surface area contributed by atoms with Crippen LogP contribution in [-0.4, -0.2) is 7.11 Å². The third-order valence-electron chi connectivity index (χ3n) is 3.69. The van der Waals surface area contributed by atoms with Gasteiger partial charge in [0.1, 0.15) is 5.75 Å². The lowest BCUT2D eigenvalue weighted by molar-refractivity contribution is 0.413. The van der Waals surface area contributed by atoms with Crippen molar-refractivity contribution in [1.29, 1.82) is 0 Å². The average Bonchev–Trinajstić information content (AvgIpc) is 2.67. The van der Waals surface area contributed by atoms with Gasteiger partial charge in [-0.25, -0.2) is 0 Å². The monoisotopic (exact) mass is 332 g/mol. The predicted octanol–water partition coefficient (Wildman–Crippen LogP) is 4.02. The summed E-state index contributed by atoms with van der Waals surface area (Å²) >= 11 is 0. The Morgan fingerprint density at radius 2 is 1.25 bits per heavy atom. The van der Waals surface area contributed by atoms with Gasteiger partial charge in [0.15, 0.2) is 0 Å². The summed E-state index contributed by atoms with van der Waals surface area (Å²) in [5, 5.41) is 1.47. The highest BCUT2D eigenvalue weighted by Gasteiger charge is 2.24. The second-order valence-electron chi connectivity index (χ2n) is 5.22. The molecule has 3 aromatic rings. The van der Waals surface area contributed by atoms with Crippen LogP contribution in [0.5, 0.6) is 5.75 Å². The van der Waals surface area contributed by atoms with Gasteiger partial charge in [0.05, 0.1) is 12.7 Å². The van der Waals surface area contributed by atoms with Crippen LogP contribution in [-0.2, 0) is 4.57 Å². The first-order chi connectivity index (χ1) is 11.7. The topological polar surface area (TPSA) is 26.3 Å². The van der Waals surface area contributed by atoms with E-state index in [2.05, 4.69) is 11.6 Å². The molecular weight excluding hydrogens is 315 g/mol. The molecule has 0 aliphatic rings. The largest absolute Gasteiger partial charge is 0.495 e. The van der Waals surface area contributed by atoms with Crippen LogP contribution < -0.4 is 15.3 Å². The first-order valence-electron chi connectivity index (χ1n) is 7.61. The summed E-state index contributed by atoms with van der Waals surface area (Å²) in [6, 6.07) is 26.3. The van der Waals surface area contributed by atoms with Crippen LogP contribution in [0.15, 0.2) is 84.9 Å². The standard InChI is InChI=1S/C21H17O2P/c1-23-21-15-9-8-10-18(21)16-17-24(22,19-11-4-2-5-12-19)20-13-6-3-7-14-20/h2-15H,1H3. The molecule has 0 atom stereocenters. The number of hydrogen-bond donors (Lipinski definition) is 0. The predicted molar refractivity (Wildman–Crippen MR) is 99.6 cm³/mol. The van der Waals surface area contributed by atoms with Gasteiger partial charge < -0.3 is 4.74 Å². The van der Waals surface area contributed by atoms with Crippen LogP contribution in [0.25, 0.3) is 0 Å². The zero-order valence-electron chi connectivity index (χ0n) is 13.3. The quantitative estimate of drug-likeness (QED) is 0.535. The number of benzene rings is 3. The first kappa shape index (κ1) is 16.1. The lowest BCUT2D eigenvalue weighted by Crippen LogP contribution is -2.14. The molecule has 3 heteroatoms. The van der Waals surface area contributed by atoms with Crippen LogP contribution in [0.3, 0.4) is 0 Å². The maximum Gasteiger partial charge on any atom is 0.211 e. The average molecular weight is 332 g/mol. The molecule has 0 bridgehead atoms. The Morgan fingerprint density at radius 3 is 1.79 bits per heavy atom. The van der Waals surface area contributed by atoms with Gasteiger partial charge in [0, 0.05) is 10.6 Å². The highest BCUT2D eigenvalue weighted by molar-refractivity contribution is 7.83. The van der Waals surface area contributed by atoms with E-state index in [9.17, 15) is 4.57 Å². The van der Waals surface area contributed by atoms with Gasteiger partial charge >= 0.3 is 0 Å². The van der Waals surface area contributed by atoms with Crippen LogP contribution in [0.2, 0.25) is 0 Å². The molecule has 0 aliphatic carbocycles.